The normalized spacial score (nSPS) is 21.3. The van der Waals surface area contributed by atoms with Crippen LogP contribution < -0.4 is 4.74 Å². The van der Waals surface area contributed by atoms with Gasteiger partial charge in [0.05, 0.1) is 10.7 Å². The fraction of sp³-hybridized carbons (Fsp3) is 0.450. The SMILES string of the molecule is Cc1ccc(OCC2(O)CCCN(Cc3ccc(Cl)cn3)C2)cc1C. The molecule has 0 aliphatic carbocycles. The number of rotatable bonds is 5. The average molecular weight is 361 g/mol. The highest BCUT2D eigenvalue weighted by Crippen LogP contribution is 2.25. The van der Waals surface area contributed by atoms with Crippen LogP contribution in [0.5, 0.6) is 5.75 Å². The van der Waals surface area contributed by atoms with Crippen molar-refractivity contribution in [2.45, 2.75) is 38.8 Å². The Balaban J connectivity index is 1.58. The van der Waals surface area contributed by atoms with Gasteiger partial charge in [-0.25, -0.2) is 0 Å². The number of aromatic nitrogens is 1. The molecular formula is C20H25ClN2O2. The lowest BCUT2D eigenvalue weighted by atomic mass is 9.93. The van der Waals surface area contributed by atoms with Gasteiger partial charge in [0.25, 0.3) is 0 Å². The number of hydrogen-bond donors (Lipinski definition) is 1. The predicted octanol–water partition coefficient (Wildman–Crippen LogP) is 3.76. The van der Waals surface area contributed by atoms with Crippen LogP contribution >= 0.6 is 11.6 Å². The number of aryl methyl sites for hydroxylation is 2. The van der Waals surface area contributed by atoms with E-state index in [4.69, 9.17) is 16.3 Å². The lowest BCUT2D eigenvalue weighted by Gasteiger charge is -2.38. The van der Waals surface area contributed by atoms with Gasteiger partial charge in [-0.15, -0.1) is 0 Å². The summed E-state index contributed by atoms with van der Waals surface area (Å²) in [6, 6.07) is 9.82. The van der Waals surface area contributed by atoms with E-state index in [1.54, 1.807) is 6.20 Å². The smallest absolute Gasteiger partial charge is 0.119 e. The molecule has 1 unspecified atom stereocenters. The quantitative estimate of drug-likeness (QED) is 0.881. The Morgan fingerprint density at radius 3 is 2.80 bits per heavy atom. The number of piperidine rings is 1. The van der Waals surface area contributed by atoms with Crippen molar-refractivity contribution < 1.29 is 9.84 Å². The number of benzene rings is 1. The summed E-state index contributed by atoms with van der Waals surface area (Å²) in [6.07, 6.45) is 3.36. The van der Waals surface area contributed by atoms with Gasteiger partial charge < -0.3 is 9.84 Å². The van der Waals surface area contributed by atoms with Crippen molar-refractivity contribution in [3.05, 3.63) is 58.4 Å². The molecule has 1 aromatic carbocycles. The average Bonchev–Trinajstić information content (AvgIpc) is 2.58. The highest BCUT2D eigenvalue weighted by atomic mass is 35.5. The number of ether oxygens (including phenoxy) is 1. The second-order valence-electron chi connectivity index (χ2n) is 7.04. The number of β-amino-alcohol motifs (C(OH)–C–C–N with tert-alkyl or cyclic N) is 1. The third-order valence-corrected chi connectivity index (χ3v) is 5.02. The molecule has 4 nitrogen and oxygen atoms in total. The summed E-state index contributed by atoms with van der Waals surface area (Å²) < 4.78 is 5.89. The number of aliphatic hydroxyl groups is 1. The van der Waals surface area contributed by atoms with Crippen LogP contribution in [0.4, 0.5) is 0 Å². The zero-order valence-electron chi connectivity index (χ0n) is 14.8. The lowest BCUT2D eigenvalue weighted by Crippen LogP contribution is -2.51. The van der Waals surface area contributed by atoms with E-state index in [1.807, 2.05) is 30.3 Å². The first-order valence-electron chi connectivity index (χ1n) is 8.69. The molecule has 0 bridgehead atoms. The van der Waals surface area contributed by atoms with E-state index < -0.39 is 5.60 Å². The van der Waals surface area contributed by atoms with Gasteiger partial charge in [-0.3, -0.25) is 9.88 Å². The molecule has 0 saturated carbocycles. The van der Waals surface area contributed by atoms with Gasteiger partial charge in [-0.2, -0.15) is 0 Å². The molecule has 25 heavy (non-hydrogen) atoms. The van der Waals surface area contributed by atoms with E-state index in [0.29, 0.717) is 24.7 Å². The third-order valence-electron chi connectivity index (χ3n) is 4.79. The molecule has 1 aromatic heterocycles. The highest BCUT2D eigenvalue weighted by molar-refractivity contribution is 6.30. The Labute approximate surface area is 154 Å². The second-order valence-corrected chi connectivity index (χ2v) is 7.48. The van der Waals surface area contributed by atoms with Crippen molar-refractivity contribution in [1.29, 1.82) is 0 Å². The molecule has 1 N–H and O–H groups in total. The Morgan fingerprint density at radius 2 is 2.08 bits per heavy atom. The van der Waals surface area contributed by atoms with Gasteiger partial charge in [0, 0.05) is 19.3 Å². The van der Waals surface area contributed by atoms with E-state index in [9.17, 15) is 5.11 Å². The van der Waals surface area contributed by atoms with E-state index in [0.717, 1.165) is 30.8 Å². The van der Waals surface area contributed by atoms with Gasteiger partial charge in [0.1, 0.15) is 18.0 Å². The predicted molar refractivity (Wildman–Crippen MR) is 100 cm³/mol. The molecule has 3 rings (SSSR count). The second kappa shape index (κ2) is 7.73. The monoisotopic (exact) mass is 360 g/mol. The summed E-state index contributed by atoms with van der Waals surface area (Å²) in [5.74, 6) is 0.813. The van der Waals surface area contributed by atoms with Crippen molar-refractivity contribution in [3.8, 4) is 5.75 Å². The molecule has 2 aromatic rings. The Bertz CT molecular complexity index is 720. The molecule has 1 saturated heterocycles. The standard InChI is InChI=1S/C20H25ClN2O2/c1-15-4-7-19(10-16(15)2)25-14-20(24)8-3-9-23(13-20)12-18-6-5-17(21)11-22-18/h4-7,10-11,24H,3,8-9,12-14H2,1-2H3. The van der Waals surface area contributed by atoms with Crippen LogP contribution in [-0.4, -0.2) is 40.3 Å². The van der Waals surface area contributed by atoms with E-state index in [1.165, 1.54) is 11.1 Å². The van der Waals surface area contributed by atoms with Crippen molar-refractivity contribution in [2.75, 3.05) is 19.7 Å². The molecule has 134 valence electrons. The molecule has 1 aliphatic heterocycles. The maximum Gasteiger partial charge on any atom is 0.119 e. The summed E-state index contributed by atoms with van der Waals surface area (Å²) in [6.45, 7) is 6.70. The van der Waals surface area contributed by atoms with Crippen molar-refractivity contribution >= 4 is 11.6 Å². The van der Waals surface area contributed by atoms with Gasteiger partial charge in [-0.05, 0) is 68.6 Å². The van der Waals surface area contributed by atoms with Crippen LogP contribution in [0.3, 0.4) is 0 Å². The first-order valence-corrected chi connectivity index (χ1v) is 9.07. The van der Waals surface area contributed by atoms with Crippen molar-refractivity contribution in [3.63, 3.8) is 0 Å². The number of hydrogen-bond acceptors (Lipinski definition) is 4. The molecule has 1 fully saturated rings. The Kier molecular flexibility index (Phi) is 5.62. The minimum atomic E-state index is -0.830. The summed E-state index contributed by atoms with van der Waals surface area (Å²) in [4.78, 5) is 6.57. The minimum Gasteiger partial charge on any atom is -0.491 e. The van der Waals surface area contributed by atoms with Crippen molar-refractivity contribution in [2.24, 2.45) is 0 Å². The van der Waals surface area contributed by atoms with Crippen LogP contribution in [0, 0.1) is 13.8 Å². The minimum absolute atomic E-state index is 0.306. The van der Waals surface area contributed by atoms with E-state index >= 15 is 0 Å². The first kappa shape index (κ1) is 18.2. The van der Waals surface area contributed by atoms with Gasteiger partial charge in [0.15, 0.2) is 0 Å². The lowest BCUT2D eigenvalue weighted by molar-refractivity contribution is -0.0623. The van der Waals surface area contributed by atoms with Crippen molar-refractivity contribution in [1.82, 2.24) is 9.88 Å². The molecule has 2 heterocycles. The molecule has 0 radical (unpaired) electrons. The molecule has 0 amide bonds. The maximum atomic E-state index is 10.9. The molecular weight excluding hydrogens is 336 g/mol. The number of halogens is 1. The molecule has 1 aliphatic rings. The highest BCUT2D eigenvalue weighted by Gasteiger charge is 2.34. The van der Waals surface area contributed by atoms with Gasteiger partial charge >= 0.3 is 0 Å². The maximum absolute atomic E-state index is 10.9. The molecule has 1 atom stereocenters. The zero-order chi connectivity index (χ0) is 17.9. The number of likely N-dealkylation sites (tertiary alicyclic amines) is 1. The summed E-state index contributed by atoms with van der Waals surface area (Å²) >= 11 is 5.89. The van der Waals surface area contributed by atoms with E-state index in [-0.39, 0.29) is 0 Å². The Hall–Kier alpha value is -1.62. The molecule has 0 spiro atoms. The van der Waals surface area contributed by atoms with Crippen LogP contribution in [0.15, 0.2) is 36.5 Å². The Morgan fingerprint density at radius 1 is 1.24 bits per heavy atom. The van der Waals surface area contributed by atoms with Crippen LogP contribution in [0.25, 0.3) is 0 Å². The van der Waals surface area contributed by atoms with Gasteiger partial charge in [-0.1, -0.05) is 17.7 Å². The fourth-order valence-electron chi connectivity index (χ4n) is 3.21. The first-order chi connectivity index (χ1) is 11.9. The van der Waals surface area contributed by atoms with Gasteiger partial charge in [0.2, 0.25) is 0 Å². The molecule has 5 heteroatoms. The largest absolute Gasteiger partial charge is 0.491 e. The van der Waals surface area contributed by atoms with E-state index in [2.05, 4.69) is 23.7 Å². The van der Waals surface area contributed by atoms with Crippen LogP contribution in [-0.2, 0) is 6.54 Å². The summed E-state index contributed by atoms with van der Waals surface area (Å²) in [7, 11) is 0. The number of pyridine rings is 1. The van der Waals surface area contributed by atoms with Crippen LogP contribution in [0.1, 0.15) is 29.7 Å². The summed E-state index contributed by atoms with van der Waals surface area (Å²) in [5.41, 5.74) is 2.57. The zero-order valence-corrected chi connectivity index (χ0v) is 15.6. The third kappa shape index (κ3) is 4.94. The summed E-state index contributed by atoms with van der Waals surface area (Å²) in [5, 5.41) is 11.6. The van der Waals surface area contributed by atoms with Crippen LogP contribution in [0.2, 0.25) is 5.02 Å². The fourth-order valence-corrected chi connectivity index (χ4v) is 3.32. The topological polar surface area (TPSA) is 45.6 Å². The number of nitrogens with zero attached hydrogens (tertiary/aromatic N) is 2.